The van der Waals surface area contributed by atoms with Gasteiger partial charge in [-0.25, -0.2) is 14.4 Å². The van der Waals surface area contributed by atoms with Crippen molar-refractivity contribution in [1.82, 2.24) is 19.3 Å². The zero-order valence-electron chi connectivity index (χ0n) is 19.5. The molecule has 7 nitrogen and oxygen atoms in total. The van der Waals surface area contributed by atoms with Crippen molar-refractivity contribution in [2.24, 2.45) is 0 Å². The van der Waals surface area contributed by atoms with Gasteiger partial charge in [0, 0.05) is 48.2 Å². The van der Waals surface area contributed by atoms with Crippen LogP contribution < -0.4 is 5.32 Å². The first-order valence-corrected chi connectivity index (χ1v) is 11.5. The van der Waals surface area contributed by atoms with Gasteiger partial charge in [-0.1, -0.05) is 13.2 Å². The molecule has 0 saturated carbocycles. The summed E-state index contributed by atoms with van der Waals surface area (Å²) in [5.74, 6) is -0.553. The van der Waals surface area contributed by atoms with Gasteiger partial charge in [0.1, 0.15) is 11.6 Å². The van der Waals surface area contributed by atoms with E-state index in [1.807, 2.05) is 22.6 Å². The molecule has 1 atom stereocenters. The number of carbonyl (C=O) groups excluding carboxylic acids is 1. The van der Waals surface area contributed by atoms with Crippen molar-refractivity contribution in [3.05, 3.63) is 109 Å². The molecule has 1 N–H and O–H groups in total. The second kappa shape index (κ2) is 9.47. The fourth-order valence-electron chi connectivity index (χ4n) is 4.64. The molecule has 1 amide bonds. The number of rotatable bonds is 6. The first kappa shape index (κ1) is 23.0. The van der Waals surface area contributed by atoms with E-state index in [4.69, 9.17) is 5.26 Å². The van der Waals surface area contributed by atoms with Crippen molar-refractivity contribution in [2.45, 2.75) is 12.3 Å². The van der Waals surface area contributed by atoms with E-state index in [-0.39, 0.29) is 17.3 Å². The van der Waals surface area contributed by atoms with Crippen molar-refractivity contribution in [1.29, 1.82) is 5.26 Å². The number of halogens is 1. The van der Waals surface area contributed by atoms with Crippen LogP contribution in [0.25, 0.3) is 16.8 Å². The smallest absolute Gasteiger partial charge is 0.256 e. The van der Waals surface area contributed by atoms with Crippen molar-refractivity contribution < 1.29 is 9.18 Å². The van der Waals surface area contributed by atoms with Crippen LogP contribution >= 0.6 is 0 Å². The summed E-state index contributed by atoms with van der Waals surface area (Å²) in [6.45, 7) is 9.58. The van der Waals surface area contributed by atoms with Crippen LogP contribution in [-0.2, 0) is 0 Å². The van der Waals surface area contributed by atoms with Crippen LogP contribution in [0, 0.1) is 17.1 Å². The molecular weight excluding hydrogens is 455 g/mol. The molecule has 1 aromatic carbocycles. The number of aromatic nitrogens is 3. The van der Waals surface area contributed by atoms with E-state index < -0.39 is 11.7 Å². The second-order valence-electron chi connectivity index (χ2n) is 8.64. The van der Waals surface area contributed by atoms with Gasteiger partial charge in [0.05, 0.1) is 29.2 Å². The monoisotopic (exact) mass is 478 g/mol. The van der Waals surface area contributed by atoms with E-state index in [0.29, 0.717) is 16.8 Å². The SMILES string of the molecule is C=CC(=C)N1CCC(c2cc(-c3ccc(C(=O)Nc4cc(C#N)ccn4)cc3F)n3cnccc23)C1. The molecule has 0 radical (unpaired) electrons. The van der Waals surface area contributed by atoms with Gasteiger partial charge in [0.2, 0.25) is 0 Å². The molecule has 1 fully saturated rings. The van der Waals surface area contributed by atoms with E-state index in [2.05, 4.69) is 33.3 Å². The lowest BCUT2D eigenvalue weighted by atomic mass is 9.98. The third-order valence-corrected chi connectivity index (χ3v) is 6.52. The highest BCUT2D eigenvalue weighted by molar-refractivity contribution is 6.04. The van der Waals surface area contributed by atoms with Crippen LogP contribution in [0.1, 0.15) is 33.8 Å². The zero-order valence-corrected chi connectivity index (χ0v) is 19.5. The van der Waals surface area contributed by atoms with E-state index in [1.54, 1.807) is 30.7 Å². The summed E-state index contributed by atoms with van der Waals surface area (Å²) in [5.41, 5.74) is 4.55. The molecule has 178 valence electrons. The number of nitrogens with zero attached hydrogens (tertiary/aromatic N) is 5. The fraction of sp³-hybridized carbons (Fsp3) is 0.143. The summed E-state index contributed by atoms with van der Waals surface area (Å²) in [6.07, 6.45) is 7.56. The van der Waals surface area contributed by atoms with Crippen LogP contribution in [0.4, 0.5) is 10.2 Å². The second-order valence-corrected chi connectivity index (χ2v) is 8.64. The van der Waals surface area contributed by atoms with Gasteiger partial charge in [0.15, 0.2) is 0 Å². The van der Waals surface area contributed by atoms with Crippen molar-refractivity contribution in [2.75, 3.05) is 18.4 Å². The number of hydrogen-bond donors (Lipinski definition) is 1. The molecule has 3 aromatic heterocycles. The molecule has 36 heavy (non-hydrogen) atoms. The average Bonchev–Trinajstić information content (AvgIpc) is 3.54. The third kappa shape index (κ3) is 4.23. The Hall–Kier alpha value is -4.77. The molecule has 1 aliphatic heterocycles. The predicted octanol–water partition coefficient (Wildman–Crippen LogP) is 5.15. The van der Waals surface area contributed by atoms with E-state index >= 15 is 4.39 Å². The molecule has 1 saturated heterocycles. The molecule has 4 aromatic rings. The molecule has 1 unspecified atom stereocenters. The topological polar surface area (TPSA) is 86.3 Å². The normalized spacial score (nSPS) is 15.0. The molecule has 0 aliphatic carbocycles. The number of allylic oxidation sites excluding steroid dienone is 1. The Bertz CT molecular complexity index is 1550. The standard InChI is InChI=1S/C28H23FN6O/c1-3-18(2)34-11-8-21(16-34)23-14-26(35-17-31-9-7-25(23)35)22-5-4-20(13-24(22)29)28(36)33-27-12-19(15-30)6-10-32-27/h3-7,9-10,12-14,17,21H,1-2,8,11,16H2,(H,32,33,36). The lowest BCUT2D eigenvalue weighted by molar-refractivity contribution is 0.102. The number of nitriles is 1. The van der Waals surface area contributed by atoms with Crippen LogP contribution in [0.5, 0.6) is 0 Å². The third-order valence-electron chi connectivity index (χ3n) is 6.52. The van der Waals surface area contributed by atoms with E-state index in [0.717, 1.165) is 36.3 Å². The average molecular weight is 479 g/mol. The Balaban J connectivity index is 1.45. The van der Waals surface area contributed by atoms with Gasteiger partial charge in [-0.2, -0.15) is 5.26 Å². The lowest BCUT2D eigenvalue weighted by Crippen LogP contribution is -2.17. The fourth-order valence-corrected chi connectivity index (χ4v) is 4.64. The van der Waals surface area contributed by atoms with Crippen LogP contribution in [0.15, 0.2) is 86.1 Å². The minimum Gasteiger partial charge on any atom is -0.371 e. The Morgan fingerprint density at radius 3 is 2.86 bits per heavy atom. The van der Waals surface area contributed by atoms with Crippen LogP contribution in [-0.4, -0.2) is 38.3 Å². The maximum atomic E-state index is 15.4. The van der Waals surface area contributed by atoms with Gasteiger partial charge >= 0.3 is 0 Å². The highest BCUT2D eigenvalue weighted by Gasteiger charge is 2.27. The Morgan fingerprint density at radius 1 is 1.22 bits per heavy atom. The Morgan fingerprint density at radius 2 is 2.08 bits per heavy atom. The van der Waals surface area contributed by atoms with Crippen LogP contribution in [0.3, 0.4) is 0 Å². The zero-order chi connectivity index (χ0) is 25.2. The summed E-state index contributed by atoms with van der Waals surface area (Å²) in [5, 5.41) is 11.6. The maximum Gasteiger partial charge on any atom is 0.256 e. The molecule has 8 heteroatoms. The summed E-state index contributed by atoms with van der Waals surface area (Å²) >= 11 is 0. The number of hydrogen-bond acceptors (Lipinski definition) is 5. The van der Waals surface area contributed by atoms with Gasteiger partial charge < -0.3 is 10.2 Å². The van der Waals surface area contributed by atoms with Crippen LogP contribution in [0.2, 0.25) is 0 Å². The number of nitrogens with one attached hydrogen (secondary N) is 1. The Labute approximate surface area is 207 Å². The van der Waals surface area contributed by atoms with Gasteiger partial charge in [-0.15, -0.1) is 0 Å². The van der Waals surface area contributed by atoms with Crippen molar-refractivity contribution >= 4 is 17.2 Å². The number of anilines is 1. The summed E-state index contributed by atoms with van der Waals surface area (Å²) < 4.78 is 17.3. The number of amides is 1. The minimum atomic E-state index is -0.524. The molecule has 0 spiro atoms. The first-order valence-electron chi connectivity index (χ1n) is 11.5. The molecule has 4 heterocycles. The van der Waals surface area contributed by atoms with Crippen molar-refractivity contribution in [3.63, 3.8) is 0 Å². The van der Waals surface area contributed by atoms with Gasteiger partial charge in [0.25, 0.3) is 5.91 Å². The lowest BCUT2D eigenvalue weighted by Gasteiger charge is -2.18. The minimum absolute atomic E-state index is 0.147. The predicted molar refractivity (Wildman–Crippen MR) is 136 cm³/mol. The van der Waals surface area contributed by atoms with Gasteiger partial charge in [-0.05, 0) is 60.5 Å². The van der Waals surface area contributed by atoms with Crippen molar-refractivity contribution in [3.8, 4) is 17.3 Å². The van der Waals surface area contributed by atoms with E-state index in [9.17, 15) is 4.79 Å². The quantitative estimate of drug-likeness (QED) is 0.388. The molecule has 0 bridgehead atoms. The molecule has 1 aliphatic rings. The number of fused-ring (bicyclic) bond motifs is 1. The number of carbonyl (C=O) groups is 1. The molecule has 5 rings (SSSR count). The highest BCUT2D eigenvalue weighted by atomic mass is 19.1. The van der Waals surface area contributed by atoms with E-state index in [1.165, 1.54) is 24.4 Å². The van der Waals surface area contributed by atoms with Gasteiger partial charge in [-0.3, -0.25) is 9.20 Å². The number of benzene rings is 1. The summed E-state index contributed by atoms with van der Waals surface area (Å²) in [4.78, 5) is 23.2. The number of likely N-dealkylation sites (tertiary alicyclic amines) is 1. The Kier molecular flexibility index (Phi) is 6.05. The highest BCUT2D eigenvalue weighted by Crippen LogP contribution is 2.37. The summed E-state index contributed by atoms with van der Waals surface area (Å²) in [6, 6.07) is 13.3. The molecular formula is C28H23FN6O. The largest absolute Gasteiger partial charge is 0.371 e. The first-order chi connectivity index (χ1) is 17.5. The number of pyridine rings is 1. The summed E-state index contributed by atoms with van der Waals surface area (Å²) in [7, 11) is 0. The maximum absolute atomic E-state index is 15.4.